The molecule has 0 aromatic heterocycles. The van der Waals surface area contributed by atoms with Crippen molar-refractivity contribution in [1.82, 2.24) is 10.2 Å². The molecule has 2 aliphatic rings. The molecule has 0 bridgehead atoms. The van der Waals surface area contributed by atoms with E-state index in [1.54, 1.807) is 0 Å². The van der Waals surface area contributed by atoms with E-state index in [-0.39, 0.29) is 23.9 Å². The fourth-order valence-electron chi connectivity index (χ4n) is 3.39. The van der Waals surface area contributed by atoms with E-state index in [0.29, 0.717) is 6.42 Å². The second kappa shape index (κ2) is 6.39. The summed E-state index contributed by atoms with van der Waals surface area (Å²) in [6.07, 6.45) is 5.43. The Morgan fingerprint density at radius 2 is 1.81 bits per heavy atom. The van der Waals surface area contributed by atoms with Crippen LogP contribution in [0.2, 0.25) is 0 Å². The smallest absolute Gasteiger partial charge is 0.247 e. The number of hydrogen-bond donors (Lipinski definition) is 1. The zero-order valence-electron chi connectivity index (χ0n) is 12.3. The van der Waals surface area contributed by atoms with Crippen molar-refractivity contribution in [3.8, 4) is 0 Å². The molecule has 112 valence electrons. The summed E-state index contributed by atoms with van der Waals surface area (Å²) in [6, 6.07) is 10.0. The third-order valence-electron chi connectivity index (χ3n) is 4.52. The highest BCUT2D eigenvalue weighted by atomic mass is 16.2. The van der Waals surface area contributed by atoms with Crippen LogP contribution in [0.5, 0.6) is 0 Å². The fraction of sp³-hybridized carbons (Fsp3) is 0.529. The van der Waals surface area contributed by atoms with Crippen molar-refractivity contribution in [2.24, 2.45) is 0 Å². The maximum absolute atomic E-state index is 12.4. The average molecular weight is 286 g/mol. The Bertz CT molecular complexity index is 509. The van der Waals surface area contributed by atoms with Crippen LogP contribution in [-0.2, 0) is 16.0 Å². The van der Waals surface area contributed by atoms with Gasteiger partial charge in [0.05, 0.1) is 12.5 Å². The Labute approximate surface area is 125 Å². The Kier molecular flexibility index (Phi) is 4.34. The van der Waals surface area contributed by atoms with Gasteiger partial charge < -0.3 is 5.32 Å². The third kappa shape index (κ3) is 3.16. The molecule has 1 aromatic carbocycles. The van der Waals surface area contributed by atoms with Gasteiger partial charge in [-0.25, -0.2) is 0 Å². The van der Waals surface area contributed by atoms with Gasteiger partial charge in [0.25, 0.3) is 0 Å². The molecule has 1 saturated carbocycles. The molecule has 1 N–H and O–H groups in total. The van der Waals surface area contributed by atoms with Crippen LogP contribution in [0.25, 0.3) is 0 Å². The van der Waals surface area contributed by atoms with Crippen LogP contribution in [-0.4, -0.2) is 35.3 Å². The maximum atomic E-state index is 12.4. The number of nitrogens with zero attached hydrogens (tertiary/aromatic N) is 1. The minimum atomic E-state index is -0.318. The van der Waals surface area contributed by atoms with Crippen LogP contribution < -0.4 is 5.32 Å². The lowest BCUT2D eigenvalue weighted by Crippen LogP contribution is -2.43. The van der Waals surface area contributed by atoms with E-state index in [0.717, 1.165) is 38.6 Å². The average Bonchev–Trinajstić information content (AvgIpc) is 3.09. The number of amides is 2. The van der Waals surface area contributed by atoms with Crippen LogP contribution in [0.4, 0.5) is 0 Å². The lowest BCUT2D eigenvalue weighted by molar-refractivity contribution is -0.141. The first-order valence-electron chi connectivity index (χ1n) is 7.89. The zero-order chi connectivity index (χ0) is 14.7. The number of imide groups is 1. The predicted octanol–water partition coefficient (Wildman–Crippen LogP) is 1.89. The van der Waals surface area contributed by atoms with Gasteiger partial charge in [-0.15, -0.1) is 0 Å². The Morgan fingerprint density at radius 3 is 2.52 bits per heavy atom. The maximum Gasteiger partial charge on any atom is 0.247 e. The van der Waals surface area contributed by atoms with E-state index < -0.39 is 0 Å². The lowest BCUT2D eigenvalue weighted by atomic mass is 10.1. The van der Waals surface area contributed by atoms with Gasteiger partial charge in [-0.3, -0.25) is 14.5 Å². The van der Waals surface area contributed by atoms with Gasteiger partial charge in [-0.05, 0) is 31.4 Å². The Morgan fingerprint density at radius 1 is 1.10 bits per heavy atom. The lowest BCUT2D eigenvalue weighted by Gasteiger charge is -2.22. The van der Waals surface area contributed by atoms with Crippen molar-refractivity contribution in [2.75, 3.05) is 6.54 Å². The van der Waals surface area contributed by atoms with Gasteiger partial charge in [0.1, 0.15) is 0 Å². The number of benzene rings is 1. The molecule has 1 atom stereocenters. The van der Waals surface area contributed by atoms with Crippen molar-refractivity contribution >= 4 is 11.8 Å². The Balaban J connectivity index is 1.52. The SMILES string of the molecule is O=C1CC(NCCc2ccccc2)C(=O)N1C1CCCC1. The van der Waals surface area contributed by atoms with Gasteiger partial charge >= 0.3 is 0 Å². The highest BCUT2D eigenvalue weighted by Gasteiger charge is 2.42. The van der Waals surface area contributed by atoms with Crippen LogP contribution in [0.15, 0.2) is 30.3 Å². The molecule has 21 heavy (non-hydrogen) atoms. The van der Waals surface area contributed by atoms with Crippen LogP contribution in [0.3, 0.4) is 0 Å². The van der Waals surface area contributed by atoms with Crippen molar-refractivity contribution in [3.63, 3.8) is 0 Å². The van der Waals surface area contributed by atoms with Gasteiger partial charge in [-0.2, -0.15) is 0 Å². The van der Waals surface area contributed by atoms with E-state index >= 15 is 0 Å². The van der Waals surface area contributed by atoms with E-state index in [1.807, 2.05) is 18.2 Å². The number of nitrogens with one attached hydrogen (secondary N) is 1. The van der Waals surface area contributed by atoms with E-state index in [2.05, 4.69) is 17.4 Å². The second-order valence-electron chi connectivity index (χ2n) is 5.99. The van der Waals surface area contributed by atoms with Crippen molar-refractivity contribution in [1.29, 1.82) is 0 Å². The summed E-state index contributed by atoms with van der Waals surface area (Å²) >= 11 is 0. The van der Waals surface area contributed by atoms with Crippen LogP contribution in [0.1, 0.15) is 37.7 Å². The zero-order valence-corrected chi connectivity index (χ0v) is 12.3. The molecular formula is C17H22N2O2. The molecule has 1 aromatic rings. The highest BCUT2D eigenvalue weighted by Crippen LogP contribution is 2.28. The molecule has 1 aliphatic heterocycles. The highest BCUT2D eigenvalue weighted by molar-refractivity contribution is 6.05. The Hall–Kier alpha value is -1.68. The standard InChI is InChI=1S/C17H22N2O2/c20-16-12-15(17(21)19(16)14-8-4-5-9-14)18-11-10-13-6-2-1-3-7-13/h1-3,6-7,14-15,18H,4-5,8-12H2. The summed E-state index contributed by atoms with van der Waals surface area (Å²) in [5, 5.41) is 3.25. The largest absolute Gasteiger partial charge is 0.305 e. The van der Waals surface area contributed by atoms with Crippen molar-refractivity contribution < 1.29 is 9.59 Å². The monoisotopic (exact) mass is 286 g/mol. The van der Waals surface area contributed by atoms with Crippen LogP contribution >= 0.6 is 0 Å². The molecule has 1 aliphatic carbocycles. The molecule has 3 rings (SSSR count). The minimum Gasteiger partial charge on any atom is -0.305 e. The molecule has 1 saturated heterocycles. The first-order chi connectivity index (χ1) is 10.3. The van der Waals surface area contributed by atoms with Crippen LogP contribution in [0, 0.1) is 0 Å². The molecule has 1 heterocycles. The first-order valence-corrected chi connectivity index (χ1v) is 7.89. The summed E-state index contributed by atoms with van der Waals surface area (Å²) < 4.78 is 0. The molecular weight excluding hydrogens is 264 g/mol. The molecule has 2 fully saturated rings. The molecule has 4 nitrogen and oxygen atoms in total. The summed E-state index contributed by atoms with van der Waals surface area (Å²) in [4.78, 5) is 26.0. The first kappa shape index (κ1) is 14.3. The van der Waals surface area contributed by atoms with Gasteiger partial charge in [0, 0.05) is 6.04 Å². The number of likely N-dealkylation sites (tertiary alicyclic amines) is 1. The normalized spacial score (nSPS) is 23.2. The number of carbonyl (C=O) groups excluding carboxylic acids is 2. The number of rotatable bonds is 5. The van der Waals surface area contributed by atoms with Crippen molar-refractivity contribution in [2.45, 2.75) is 50.6 Å². The van der Waals surface area contributed by atoms with Crippen molar-refractivity contribution in [3.05, 3.63) is 35.9 Å². The van der Waals surface area contributed by atoms with E-state index in [4.69, 9.17) is 0 Å². The molecule has 0 spiro atoms. The summed E-state index contributed by atoms with van der Waals surface area (Å²) in [5.74, 6) is -0.0101. The summed E-state index contributed by atoms with van der Waals surface area (Å²) in [5.41, 5.74) is 1.24. The van der Waals surface area contributed by atoms with E-state index in [9.17, 15) is 9.59 Å². The fourth-order valence-corrected chi connectivity index (χ4v) is 3.39. The number of carbonyl (C=O) groups is 2. The van der Waals surface area contributed by atoms with Gasteiger partial charge in [0.2, 0.25) is 11.8 Å². The third-order valence-corrected chi connectivity index (χ3v) is 4.52. The predicted molar refractivity (Wildman–Crippen MR) is 80.7 cm³/mol. The van der Waals surface area contributed by atoms with E-state index in [1.165, 1.54) is 10.5 Å². The topological polar surface area (TPSA) is 49.4 Å². The minimum absolute atomic E-state index is 0.00381. The summed E-state index contributed by atoms with van der Waals surface area (Å²) in [7, 11) is 0. The number of hydrogen-bond acceptors (Lipinski definition) is 3. The second-order valence-corrected chi connectivity index (χ2v) is 5.99. The molecule has 0 radical (unpaired) electrons. The molecule has 1 unspecified atom stereocenters. The molecule has 2 amide bonds. The van der Waals surface area contributed by atoms with Gasteiger partial charge in [-0.1, -0.05) is 43.2 Å². The van der Waals surface area contributed by atoms with Gasteiger partial charge in [0.15, 0.2) is 0 Å². The quantitative estimate of drug-likeness (QED) is 0.841. The molecule has 4 heteroatoms. The summed E-state index contributed by atoms with van der Waals surface area (Å²) in [6.45, 7) is 0.728.